The fourth-order valence-electron chi connectivity index (χ4n) is 2.42. The number of carbonyl (C=O) groups is 1. The first-order valence-corrected chi connectivity index (χ1v) is 6.72. The number of hydrogen-bond acceptors (Lipinski definition) is 2. The molecule has 0 aliphatic rings. The predicted octanol–water partition coefficient (Wildman–Crippen LogP) is 2.64. The molecule has 4 heteroatoms. The summed E-state index contributed by atoms with van der Waals surface area (Å²) in [5, 5.41) is 10.2. The largest absolute Gasteiger partial charge is 0.478 e. The third-order valence-corrected chi connectivity index (χ3v) is 3.33. The smallest absolute Gasteiger partial charge is 0.335 e. The summed E-state index contributed by atoms with van der Waals surface area (Å²) in [6.45, 7) is 3.70. The second-order valence-corrected chi connectivity index (χ2v) is 4.78. The van der Waals surface area contributed by atoms with Crippen LogP contribution in [0, 0.1) is 0 Å². The molecule has 0 bridgehead atoms. The molecule has 0 unspecified atom stereocenters. The van der Waals surface area contributed by atoms with Crippen molar-refractivity contribution >= 4 is 16.9 Å². The van der Waals surface area contributed by atoms with Crippen LogP contribution in [0.5, 0.6) is 0 Å². The summed E-state index contributed by atoms with van der Waals surface area (Å²) in [6, 6.07) is 5.35. The lowest BCUT2D eigenvalue weighted by Crippen LogP contribution is -2.00. The first-order chi connectivity index (χ1) is 9.17. The maximum atomic E-state index is 11.1. The van der Waals surface area contributed by atoms with Crippen LogP contribution in [-0.2, 0) is 13.0 Å². The van der Waals surface area contributed by atoms with E-state index in [2.05, 4.69) is 17.7 Å². The molecule has 2 aromatic rings. The highest BCUT2D eigenvalue weighted by Gasteiger charge is 2.11. The Morgan fingerprint density at radius 1 is 1.42 bits per heavy atom. The summed E-state index contributed by atoms with van der Waals surface area (Å²) in [6.07, 6.45) is 5.05. The van der Waals surface area contributed by atoms with E-state index < -0.39 is 5.97 Å². The van der Waals surface area contributed by atoms with E-state index in [1.807, 2.05) is 6.07 Å². The van der Waals surface area contributed by atoms with Crippen molar-refractivity contribution in [2.24, 2.45) is 5.73 Å². The van der Waals surface area contributed by atoms with Gasteiger partial charge in [0.2, 0.25) is 0 Å². The molecule has 0 saturated heterocycles. The van der Waals surface area contributed by atoms with E-state index >= 15 is 0 Å². The van der Waals surface area contributed by atoms with Crippen LogP contribution in [-0.4, -0.2) is 22.2 Å². The minimum Gasteiger partial charge on any atom is -0.478 e. The summed E-state index contributed by atoms with van der Waals surface area (Å²) in [5.74, 6) is -0.880. The lowest BCUT2D eigenvalue weighted by molar-refractivity contribution is 0.0697. The van der Waals surface area contributed by atoms with Crippen molar-refractivity contribution in [3.8, 4) is 0 Å². The maximum Gasteiger partial charge on any atom is 0.335 e. The van der Waals surface area contributed by atoms with Crippen molar-refractivity contribution in [3.05, 3.63) is 35.5 Å². The number of benzene rings is 1. The molecule has 0 atom stereocenters. The Bertz CT molecular complexity index is 587. The van der Waals surface area contributed by atoms with Gasteiger partial charge in [-0.3, -0.25) is 0 Å². The van der Waals surface area contributed by atoms with Gasteiger partial charge in [-0.1, -0.05) is 13.0 Å². The average molecular weight is 260 g/mol. The van der Waals surface area contributed by atoms with Gasteiger partial charge in [0.05, 0.1) is 5.56 Å². The molecule has 0 aliphatic carbocycles. The lowest BCUT2D eigenvalue weighted by atomic mass is 10.1. The van der Waals surface area contributed by atoms with E-state index in [4.69, 9.17) is 10.8 Å². The Balaban J connectivity index is 2.50. The quantitative estimate of drug-likeness (QED) is 0.839. The minimum atomic E-state index is -0.880. The van der Waals surface area contributed by atoms with Gasteiger partial charge < -0.3 is 15.4 Å². The summed E-state index contributed by atoms with van der Waals surface area (Å²) < 4.78 is 2.15. The van der Waals surface area contributed by atoms with Crippen molar-refractivity contribution in [2.45, 2.75) is 32.7 Å². The van der Waals surface area contributed by atoms with Gasteiger partial charge in [-0.05, 0) is 43.5 Å². The highest BCUT2D eigenvalue weighted by molar-refractivity contribution is 5.94. The minimum absolute atomic E-state index is 0.341. The van der Waals surface area contributed by atoms with Crippen LogP contribution in [0.15, 0.2) is 24.4 Å². The summed E-state index contributed by atoms with van der Waals surface area (Å²) in [7, 11) is 0. The van der Waals surface area contributed by atoms with Crippen LogP contribution in [0.4, 0.5) is 0 Å². The molecule has 0 spiro atoms. The molecule has 0 fully saturated rings. The van der Waals surface area contributed by atoms with Gasteiger partial charge in [-0.25, -0.2) is 4.79 Å². The second kappa shape index (κ2) is 5.89. The molecule has 1 aromatic heterocycles. The van der Waals surface area contributed by atoms with E-state index in [-0.39, 0.29) is 0 Å². The van der Waals surface area contributed by atoms with Crippen molar-refractivity contribution in [2.75, 3.05) is 6.54 Å². The van der Waals surface area contributed by atoms with Gasteiger partial charge in [0.25, 0.3) is 0 Å². The summed E-state index contributed by atoms with van der Waals surface area (Å²) >= 11 is 0. The molecule has 1 heterocycles. The van der Waals surface area contributed by atoms with Gasteiger partial charge >= 0.3 is 5.97 Å². The normalized spacial score (nSPS) is 11.1. The van der Waals surface area contributed by atoms with Crippen LogP contribution in [0.3, 0.4) is 0 Å². The van der Waals surface area contributed by atoms with Gasteiger partial charge in [-0.15, -0.1) is 0 Å². The van der Waals surface area contributed by atoms with Gasteiger partial charge in [0.15, 0.2) is 0 Å². The number of fused-ring (bicyclic) bond motifs is 1. The fourth-order valence-corrected chi connectivity index (χ4v) is 2.42. The van der Waals surface area contributed by atoms with Crippen LogP contribution in [0.2, 0.25) is 0 Å². The fraction of sp³-hybridized carbons (Fsp3) is 0.400. The van der Waals surface area contributed by atoms with Crippen molar-refractivity contribution in [1.29, 1.82) is 0 Å². The third-order valence-electron chi connectivity index (χ3n) is 3.33. The highest BCUT2D eigenvalue weighted by atomic mass is 16.4. The molecule has 0 amide bonds. The third kappa shape index (κ3) is 2.79. The maximum absolute atomic E-state index is 11.1. The zero-order chi connectivity index (χ0) is 13.8. The molecule has 2 rings (SSSR count). The molecule has 3 N–H and O–H groups in total. The standard InChI is InChI=1S/C15H20N2O2/c1-2-8-17-10-12(4-3-7-16)13-6-5-11(15(18)19)9-14(13)17/h5-6,9-10H,2-4,7-8,16H2,1H3,(H,18,19). The number of aromatic carboxylic acids is 1. The van der Waals surface area contributed by atoms with Gasteiger partial charge in [-0.2, -0.15) is 0 Å². The van der Waals surface area contributed by atoms with E-state index in [9.17, 15) is 4.79 Å². The monoisotopic (exact) mass is 260 g/mol. The number of carboxylic acids is 1. The topological polar surface area (TPSA) is 68.2 Å². The van der Waals surface area contributed by atoms with Gasteiger partial charge in [0.1, 0.15) is 0 Å². The molecule has 0 saturated carbocycles. The molecule has 1 aromatic carbocycles. The Morgan fingerprint density at radius 3 is 2.84 bits per heavy atom. The molecule has 19 heavy (non-hydrogen) atoms. The van der Waals surface area contributed by atoms with E-state index in [1.54, 1.807) is 12.1 Å². The average Bonchev–Trinajstić information content (AvgIpc) is 2.74. The molecular formula is C15H20N2O2. The number of carboxylic acid groups (broad SMARTS) is 1. The van der Waals surface area contributed by atoms with Crippen LogP contribution in [0.1, 0.15) is 35.7 Å². The summed E-state index contributed by atoms with van der Waals surface area (Å²) in [5.41, 5.74) is 8.17. The zero-order valence-electron chi connectivity index (χ0n) is 11.2. The molecule has 0 radical (unpaired) electrons. The second-order valence-electron chi connectivity index (χ2n) is 4.78. The summed E-state index contributed by atoms with van der Waals surface area (Å²) in [4.78, 5) is 11.1. The number of aryl methyl sites for hydroxylation is 2. The number of nitrogens with two attached hydrogens (primary N) is 1. The zero-order valence-corrected chi connectivity index (χ0v) is 11.2. The van der Waals surface area contributed by atoms with E-state index in [1.165, 1.54) is 5.56 Å². The lowest BCUT2D eigenvalue weighted by Gasteiger charge is -2.03. The number of nitrogens with zero attached hydrogens (tertiary/aromatic N) is 1. The SMILES string of the molecule is CCCn1cc(CCCN)c2ccc(C(=O)O)cc21. The molecule has 0 aliphatic heterocycles. The predicted molar refractivity (Wildman–Crippen MR) is 76.6 cm³/mol. The Labute approximate surface area is 112 Å². The van der Waals surface area contributed by atoms with Crippen molar-refractivity contribution < 1.29 is 9.90 Å². The Kier molecular flexibility index (Phi) is 4.22. The Hall–Kier alpha value is -1.81. The van der Waals surface area contributed by atoms with Crippen LogP contribution in [0.25, 0.3) is 10.9 Å². The molecular weight excluding hydrogens is 240 g/mol. The molecule has 102 valence electrons. The number of hydrogen-bond donors (Lipinski definition) is 2. The number of rotatable bonds is 6. The first-order valence-electron chi connectivity index (χ1n) is 6.72. The highest BCUT2D eigenvalue weighted by Crippen LogP contribution is 2.24. The van der Waals surface area contributed by atoms with Crippen LogP contribution >= 0.6 is 0 Å². The Morgan fingerprint density at radius 2 is 2.21 bits per heavy atom. The number of aromatic nitrogens is 1. The van der Waals surface area contributed by atoms with E-state index in [0.29, 0.717) is 12.1 Å². The van der Waals surface area contributed by atoms with Crippen molar-refractivity contribution in [1.82, 2.24) is 4.57 Å². The van der Waals surface area contributed by atoms with Crippen LogP contribution < -0.4 is 5.73 Å². The van der Waals surface area contributed by atoms with E-state index in [0.717, 1.165) is 36.7 Å². The molecule has 4 nitrogen and oxygen atoms in total. The van der Waals surface area contributed by atoms with Crippen molar-refractivity contribution in [3.63, 3.8) is 0 Å². The van der Waals surface area contributed by atoms with Gasteiger partial charge in [0, 0.05) is 23.6 Å². The first kappa shape index (κ1) is 13.6.